The largest absolute Gasteiger partial charge is 0.490 e. The smallest absolute Gasteiger partial charge is 0.246 e. The number of ether oxygens (including phenoxy) is 1. The first kappa shape index (κ1) is 23.1. The minimum absolute atomic E-state index is 0.00117. The monoisotopic (exact) mass is 441 g/mol. The van der Waals surface area contributed by atoms with Crippen LogP contribution in [0.1, 0.15) is 65.7 Å². The molecule has 0 spiro atoms. The Morgan fingerprint density at radius 3 is 2.25 bits per heavy atom. The molecule has 0 radical (unpaired) electrons. The zero-order chi connectivity index (χ0) is 22.7. The number of anilines is 1. The van der Waals surface area contributed by atoms with Crippen LogP contribution in [0.15, 0.2) is 24.3 Å². The Bertz CT molecular complexity index is 793. The fraction of sp³-hybridized carbons (Fsp3) is 0.692. The molecule has 3 fully saturated rings. The van der Waals surface area contributed by atoms with Gasteiger partial charge in [0.25, 0.3) is 0 Å². The van der Waals surface area contributed by atoms with Crippen LogP contribution in [0.25, 0.3) is 0 Å². The predicted octanol–water partition coefficient (Wildman–Crippen LogP) is 4.08. The van der Waals surface area contributed by atoms with Gasteiger partial charge in [-0.3, -0.25) is 9.59 Å². The van der Waals surface area contributed by atoms with Gasteiger partial charge in [-0.05, 0) is 63.8 Å². The fourth-order valence-electron chi connectivity index (χ4n) is 5.45. The van der Waals surface area contributed by atoms with Crippen LogP contribution in [0, 0.1) is 5.41 Å². The highest BCUT2D eigenvalue weighted by molar-refractivity contribution is 5.98. The van der Waals surface area contributed by atoms with Crippen LogP contribution >= 0.6 is 0 Å². The van der Waals surface area contributed by atoms with E-state index in [1.54, 1.807) is 9.80 Å². The van der Waals surface area contributed by atoms with Gasteiger partial charge >= 0.3 is 0 Å². The van der Waals surface area contributed by atoms with E-state index in [0.29, 0.717) is 19.1 Å². The molecule has 0 atom stereocenters. The van der Waals surface area contributed by atoms with Gasteiger partial charge in [-0.25, -0.2) is 0 Å². The lowest BCUT2D eigenvalue weighted by Crippen LogP contribution is -2.55. The van der Waals surface area contributed by atoms with Gasteiger partial charge in [-0.15, -0.1) is 0 Å². The molecule has 6 heteroatoms. The highest BCUT2D eigenvalue weighted by atomic mass is 16.5. The van der Waals surface area contributed by atoms with E-state index in [1.165, 1.54) is 6.42 Å². The molecule has 1 aromatic rings. The third kappa shape index (κ3) is 5.11. The van der Waals surface area contributed by atoms with E-state index in [-0.39, 0.29) is 29.9 Å². The zero-order valence-corrected chi connectivity index (χ0v) is 20.0. The topological polar surface area (TPSA) is 53.1 Å². The van der Waals surface area contributed by atoms with Crippen LogP contribution in [0.5, 0.6) is 5.75 Å². The molecule has 0 unspecified atom stereocenters. The highest BCUT2D eigenvalue weighted by Gasteiger charge is 2.40. The van der Waals surface area contributed by atoms with Crippen LogP contribution < -0.4 is 9.64 Å². The first-order valence-corrected chi connectivity index (χ1v) is 12.5. The molecule has 1 aliphatic carbocycles. The number of nitrogens with zero attached hydrogens (tertiary/aromatic N) is 3. The average Bonchev–Trinajstić information content (AvgIpc) is 2.80. The number of carbonyl (C=O) groups is 2. The summed E-state index contributed by atoms with van der Waals surface area (Å²) in [5, 5.41) is 0. The van der Waals surface area contributed by atoms with Crippen molar-refractivity contribution in [1.29, 1.82) is 0 Å². The maximum absolute atomic E-state index is 13.1. The van der Waals surface area contributed by atoms with E-state index < -0.39 is 0 Å². The molecule has 2 saturated heterocycles. The van der Waals surface area contributed by atoms with Gasteiger partial charge in [0.15, 0.2) is 0 Å². The normalized spacial score (nSPS) is 22.9. The van der Waals surface area contributed by atoms with E-state index in [9.17, 15) is 9.59 Å². The molecule has 3 aliphatic rings. The lowest BCUT2D eigenvalue weighted by molar-refractivity contribution is -0.146. The molecule has 4 rings (SSSR count). The van der Waals surface area contributed by atoms with Crippen molar-refractivity contribution in [2.75, 3.05) is 37.6 Å². The molecule has 1 saturated carbocycles. The Kier molecular flexibility index (Phi) is 7.08. The maximum Gasteiger partial charge on any atom is 0.246 e. The Morgan fingerprint density at radius 2 is 1.66 bits per heavy atom. The third-order valence-electron chi connectivity index (χ3n) is 7.64. The SMILES string of the molecule is CC(C)N1CCC(Oc2ccc(N3CCN(C(=O)C4(C)CCCCC4)CC3=O)cc2)CC1. The molecular formula is C26H39N3O3. The standard InChI is InChI=1S/C26H39N3O3/c1-20(2)27-15-11-23(12-16-27)32-22-9-7-21(8-10-22)29-18-17-28(19-24(29)30)25(31)26(3)13-5-4-6-14-26/h7-10,20,23H,4-6,11-19H2,1-3H3. The van der Waals surface area contributed by atoms with Gasteiger partial charge < -0.3 is 19.4 Å². The molecule has 2 heterocycles. The number of benzene rings is 1. The van der Waals surface area contributed by atoms with Gasteiger partial charge in [-0.2, -0.15) is 0 Å². The fourth-order valence-corrected chi connectivity index (χ4v) is 5.45. The van der Waals surface area contributed by atoms with Gasteiger partial charge in [0.1, 0.15) is 18.4 Å². The van der Waals surface area contributed by atoms with Crippen molar-refractivity contribution >= 4 is 17.5 Å². The van der Waals surface area contributed by atoms with E-state index in [4.69, 9.17) is 4.74 Å². The van der Waals surface area contributed by atoms with Gasteiger partial charge in [0, 0.05) is 43.3 Å². The summed E-state index contributed by atoms with van der Waals surface area (Å²) in [6, 6.07) is 8.47. The number of amides is 2. The number of hydrogen-bond donors (Lipinski definition) is 0. The average molecular weight is 442 g/mol. The van der Waals surface area contributed by atoms with Crippen molar-refractivity contribution in [2.45, 2.75) is 77.9 Å². The van der Waals surface area contributed by atoms with Crippen molar-refractivity contribution < 1.29 is 14.3 Å². The van der Waals surface area contributed by atoms with E-state index in [0.717, 1.165) is 63.1 Å². The Balaban J connectivity index is 1.30. The lowest BCUT2D eigenvalue weighted by Gasteiger charge is -2.40. The molecule has 2 amide bonds. The number of carbonyl (C=O) groups excluding carboxylic acids is 2. The number of likely N-dealkylation sites (tertiary alicyclic amines) is 1. The summed E-state index contributed by atoms with van der Waals surface area (Å²) in [6.07, 6.45) is 7.68. The summed E-state index contributed by atoms with van der Waals surface area (Å²) in [7, 11) is 0. The second-order valence-electron chi connectivity index (χ2n) is 10.3. The molecule has 6 nitrogen and oxygen atoms in total. The lowest BCUT2D eigenvalue weighted by atomic mass is 9.74. The van der Waals surface area contributed by atoms with Crippen molar-refractivity contribution in [1.82, 2.24) is 9.80 Å². The second-order valence-corrected chi connectivity index (χ2v) is 10.3. The van der Waals surface area contributed by atoms with Crippen molar-refractivity contribution in [2.24, 2.45) is 5.41 Å². The number of piperidine rings is 1. The minimum atomic E-state index is -0.287. The maximum atomic E-state index is 13.1. The Labute approximate surface area is 192 Å². The minimum Gasteiger partial charge on any atom is -0.490 e. The summed E-state index contributed by atoms with van der Waals surface area (Å²) >= 11 is 0. The molecule has 1 aromatic carbocycles. The number of piperazine rings is 1. The van der Waals surface area contributed by atoms with Gasteiger partial charge in [-0.1, -0.05) is 26.2 Å². The highest BCUT2D eigenvalue weighted by Crippen LogP contribution is 2.38. The molecule has 0 bridgehead atoms. The van der Waals surface area contributed by atoms with Crippen molar-refractivity contribution in [3.05, 3.63) is 24.3 Å². The van der Waals surface area contributed by atoms with E-state index >= 15 is 0 Å². The van der Waals surface area contributed by atoms with E-state index in [2.05, 4.69) is 25.7 Å². The molecule has 2 aliphatic heterocycles. The van der Waals surface area contributed by atoms with Crippen molar-refractivity contribution in [3.8, 4) is 5.75 Å². The van der Waals surface area contributed by atoms with Gasteiger partial charge in [0.05, 0.1) is 0 Å². The van der Waals surface area contributed by atoms with E-state index in [1.807, 2.05) is 24.3 Å². The molecule has 176 valence electrons. The van der Waals surface area contributed by atoms with Crippen LogP contribution in [-0.2, 0) is 9.59 Å². The quantitative estimate of drug-likeness (QED) is 0.691. The van der Waals surface area contributed by atoms with Crippen LogP contribution in [0.3, 0.4) is 0 Å². The summed E-state index contributed by atoms with van der Waals surface area (Å²) in [6.45, 7) is 10.1. The van der Waals surface area contributed by atoms with Crippen LogP contribution in [-0.4, -0.2) is 66.5 Å². The first-order valence-electron chi connectivity index (χ1n) is 12.5. The summed E-state index contributed by atoms with van der Waals surface area (Å²) in [5.41, 5.74) is 0.596. The first-order chi connectivity index (χ1) is 15.4. The Morgan fingerprint density at radius 1 is 1.00 bits per heavy atom. The molecule has 32 heavy (non-hydrogen) atoms. The molecule has 0 aromatic heterocycles. The summed E-state index contributed by atoms with van der Waals surface area (Å²) in [4.78, 5) is 32.1. The van der Waals surface area contributed by atoms with Gasteiger partial charge in [0.2, 0.25) is 11.8 Å². The third-order valence-corrected chi connectivity index (χ3v) is 7.64. The summed E-state index contributed by atoms with van der Waals surface area (Å²) < 4.78 is 6.20. The Hall–Kier alpha value is -2.08. The molecule has 0 N–H and O–H groups in total. The molecular weight excluding hydrogens is 402 g/mol. The van der Waals surface area contributed by atoms with Crippen LogP contribution in [0.4, 0.5) is 5.69 Å². The number of rotatable bonds is 5. The number of hydrogen-bond acceptors (Lipinski definition) is 4. The zero-order valence-electron chi connectivity index (χ0n) is 20.0. The van der Waals surface area contributed by atoms with Crippen LogP contribution in [0.2, 0.25) is 0 Å². The predicted molar refractivity (Wildman–Crippen MR) is 127 cm³/mol. The summed E-state index contributed by atoms with van der Waals surface area (Å²) in [5.74, 6) is 1.03. The van der Waals surface area contributed by atoms with Crippen molar-refractivity contribution in [3.63, 3.8) is 0 Å². The second kappa shape index (κ2) is 9.82.